The monoisotopic (exact) mass is 372 g/mol. The molecule has 0 radical (unpaired) electrons. The van der Waals surface area contributed by atoms with Gasteiger partial charge in [0.25, 0.3) is 0 Å². The predicted molar refractivity (Wildman–Crippen MR) is 87.1 cm³/mol. The average molecular weight is 373 g/mol. The number of carbonyl (C=O) groups is 1. The molecule has 0 aromatic heterocycles. The summed E-state index contributed by atoms with van der Waals surface area (Å²) in [5, 5.41) is 0. The van der Waals surface area contributed by atoms with Gasteiger partial charge in [-0.15, -0.1) is 0 Å². The van der Waals surface area contributed by atoms with Gasteiger partial charge in [0, 0.05) is 12.6 Å². The molecule has 1 aliphatic heterocycles. The van der Waals surface area contributed by atoms with Crippen LogP contribution in [0.5, 0.6) is 0 Å². The Bertz CT molecular complexity index is 560. The van der Waals surface area contributed by atoms with E-state index in [0.29, 0.717) is 29.4 Å². The molecule has 0 saturated carbocycles. The van der Waals surface area contributed by atoms with Crippen molar-refractivity contribution in [2.75, 3.05) is 6.54 Å². The Labute approximate surface area is 138 Å². The zero-order valence-electron chi connectivity index (χ0n) is 13.1. The van der Waals surface area contributed by atoms with Crippen LogP contribution in [0.2, 0.25) is 0 Å². The minimum atomic E-state index is -0.560. The second-order valence-electron chi connectivity index (χ2n) is 6.61. The maximum absolute atomic E-state index is 14.2. The summed E-state index contributed by atoms with van der Waals surface area (Å²) in [6, 6.07) is 4.72. The molecule has 1 aliphatic rings. The molecule has 0 unspecified atom stereocenters. The lowest BCUT2D eigenvalue weighted by Gasteiger charge is -2.30. The third-order valence-corrected chi connectivity index (χ3v) is 4.30. The Morgan fingerprint density at radius 3 is 2.82 bits per heavy atom. The standard InChI is InChI=1S/C16H22BrFN2O2/c1-16(2,3)22-15(21)20-8-7-12(19)13(20)9-10-5-4-6-11(17)14(10)18/h4-6,12-13H,7-9,19H2,1-3H3/t12-,13-/m1/s1. The van der Waals surface area contributed by atoms with Crippen molar-refractivity contribution in [1.82, 2.24) is 4.90 Å². The summed E-state index contributed by atoms with van der Waals surface area (Å²) in [4.78, 5) is 13.9. The van der Waals surface area contributed by atoms with Crippen molar-refractivity contribution >= 4 is 22.0 Å². The predicted octanol–water partition coefficient (Wildman–Crippen LogP) is 3.47. The molecule has 122 valence electrons. The number of hydrogen-bond donors (Lipinski definition) is 1. The van der Waals surface area contributed by atoms with E-state index in [1.165, 1.54) is 0 Å². The molecule has 6 heteroatoms. The van der Waals surface area contributed by atoms with E-state index >= 15 is 0 Å². The van der Waals surface area contributed by atoms with Gasteiger partial charge in [-0.05, 0) is 61.2 Å². The van der Waals surface area contributed by atoms with Crippen LogP contribution in [0, 0.1) is 5.82 Å². The molecule has 2 rings (SSSR count). The molecule has 1 fully saturated rings. The Hall–Kier alpha value is -1.14. The van der Waals surface area contributed by atoms with Gasteiger partial charge in [0.05, 0.1) is 10.5 Å². The highest BCUT2D eigenvalue weighted by Crippen LogP contribution is 2.26. The van der Waals surface area contributed by atoms with Crippen LogP contribution in [0.25, 0.3) is 0 Å². The van der Waals surface area contributed by atoms with Gasteiger partial charge in [0.2, 0.25) is 0 Å². The highest BCUT2D eigenvalue weighted by molar-refractivity contribution is 9.10. The van der Waals surface area contributed by atoms with Crippen LogP contribution in [0.3, 0.4) is 0 Å². The van der Waals surface area contributed by atoms with Crippen LogP contribution in [-0.4, -0.2) is 35.2 Å². The number of amides is 1. The summed E-state index contributed by atoms with van der Waals surface area (Å²) in [5.41, 5.74) is 6.11. The summed E-state index contributed by atoms with van der Waals surface area (Å²) < 4.78 is 20.0. The average Bonchev–Trinajstić information content (AvgIpc) is 2.75. The lowest BCUT2D eigenvalue weighted by molar-refractivity contribution is 0.0220. The van der Waals surface area contributed by atoms with Crippen LogP contribution in [-0.2, 0) is 11.2 Å². The maximum atomic E-state index is 14.2. The number of nitrogens with zero attached hydrogens (tertiary/aromatic N) is 1. The molecule has 0 bridgehead atoms. The first-order valence-corrected chi connectivity index (χ1v) is 8.16. The van der Waals surface area contributed by atoms with Gasteiger partial charge in [0.15, 0.2) is 0 Å². The minimum Gasteiger partial charge on any atom is -0.444 e. The summed E-state index contributed by atoms with van der Waals surface area (Å²) in [7, 11) is 0. The maximum Gasteiger partial charge on any atom is 0.410 e. The number of halogens is 2. The summed E-state index contributed by atoms with van der Waals surface area (Å²) in [6.45, 7) is 6.01. The molecule has 0 aliphatic carbocycles. The first-order valence-electron chi connectivity index (χ1n) is 7.37. The summed E-state index contributed by atoms with van der Waals surface area (Å²) in [5.74, 6) is -0.300. The number of hydrogen-bond acceptors (Lipinski definition) is 3. The molecule has 1 amide bonds. The highest BCUT2D eigenvalue weighted by atomic mass is 79.9. The van der Waals surface area contributed by atoms with E-state index in [-0.39, 0.29) is 24.0 Å². The van der Waals surface area contributed by atoms with Crippen LogP contribution < -0.4 is 5.73 Å². The van der Waals surface area contributed by atoms with Gasteiger partial charge in [-0.2, -0.15) is 0 Å². The Morgan fingerprint density at radius 2 is 2.18 bits per heavy atom. The fourth-order valence-electron chi connectivity index (χ4n) is 2.62. The number of likely N-dealkylation sites (tertiary alicyclic amines) is 1. The van der Waals surface area contributed by atoms with Gasteiger partial charge < -0.3 is 15.4 Å². The van der Waals surface area contributed by atoms with E-state index in [9.17, 15) is 9.18 Å². The van der Waals surface area contributed by atoms with Crippen LogP contribution >= 0.6 is 15.9 Å². The molecule has 1 aromatic rings. The lowest BCUT2D eigenvalue weighted by atomic mass is 10.0. The van der Waals surface area contributed by atoms with E-state index < -0.39 is 5.60 Å². The topological polar surface area (TPSA) is 55.6 Å². The smallest absolute Gasteiger partial charge is 0.410 e. The van der Waals surface area contributed by atoms with Gasteiger partial charge in [-0.1, -0.05) is 12.1 Å². The van der Waals surface area contributed by atoms with Crippen molar-refractivity contribution in [3.63, 3.8) is 0 Å². The number of benzene rings is 1. The molecule has 4 nitrogen and oxygen atoms in total. The number of carbonyl (C=O) groups excluding carboxylic acids is 1. The molecule has 1 saturated heterocycles. The molecule has 22 heavy (non-hydrogen) atoms. The van der Waals surface area contributed by atoms with Gasteiger partial charge >= 0.3 is 6.09 Å². The second-order valence-corrected chi connectivity index (χ2v) is 7.47. The Kier molecular flexibility index (Phi) is 5.12. The first kappa shape index (κ1) is 17.2. The third kappa shape index (κ3) is 3.98. The Balaban J connectivity index is 2.16. The van der Waals surface area contributed by atoms with Crippen molar-refractivity contribution in [2.24, 2.45) is 5.73 Å². The van der Waals surface area contributed by atoms with E-state index in [1.807, 2.05) is 20.8 Å². The van der Waals surface area contributed by atoms with Gasteiger partial charge in [-0.25, -0.2) is 9.18 Å². The fourth-order valence-corrected chi connectivity index (χ4v) is 3.02. The van der Waals surface area contributed by atoms with E-state index in [1.54, 1.807) is 23.1 Å². The zero-order valence-corrected chi connectivity index (χ0v) is 14.7. The largest absolute Gasteiger partial charge is 0.444 e. The molecule has 1 heterocycles. The fraction of sp³-hybridized carbons (Fsp3) is 0.562. The van der Waals surface area contributed by atoms with Crippen LogP contribution in [0.15, 0.2) is 22.7 Å². The second kappa shape index (κ2) is 6.54. The lowest BCUT2D eigenvalue weighted by Crippen LogP contribution is -2.46. The van der Waals surface area contributed by atoms with Gasteiger partial charge in [-0.3, -0.25) is 0 Å². The number of rotatable bonds is 2. The van der Waals surface area contributed by atoms with Crippen molar-refractivity contribution in [3.05, 3.63) is 34.1 Å². The molecule has 0 spiro atoms. The normalized spacial score (nSPS) is 22.0. The van der Waals surface area contributed by atoms with Crippen LogP contribution in [0.1, 0.15) is 32.8 Å². The SMILES string of the molecule is CC(C)(C)OC(=O)N1CC[C@@H](N)[C@H]1Cc1cccc(Br)c1F. The number of ether oxygens (including phenoxy) is 1. The van der Waals surface area contributed by atoms with E-state index in [4.69, 9.17) is 10.5 Å². The zero-order chi connectivity index (χ0) is 16.5. The molecular weight excluding hydrogens is 351 g/mol. The Morgan fingerprint density at radius 1 is 1.50 bits per heavy atom. The van der Waals surface area contributed by atoms with Gasteiger partial charge in [0.1, 0.15) is 11.4 Å². The van der Waals surface area contributed by atoms with Crippen molar-refractivity contribution in [3.8, 4) is 0 Å². The molecule has 1 aromatic carbocycles. The molecule has 2 N–H and O–H groups in total. The minimum absolute atomic E-state index is 0.175. The van der Waals surface area contributed by atoms with E-state index in [0.717, 1.165) is 0 Å². The summed E-state index contributed by atoms with van der Waals surface area (Å²) in [6.07, 6.45) is 0.687. The number of nitrogens with two attached hydrogens (primary N) is 1. The quantitative estimate of drug-likeness (QED) is 0.864. The third-order valence-electron chi connectivity index (χ3n) is 3.69. The molecule has 2 atom stereocenters. The van der Waals surface area contributed by atoms with E-state index in [2.05, 4.69) is 15.9 Å². The summed E-state index contributed by atoms with van der Waals surface area (Å²) >= 11 is 3.18. The van der Waals surface area contributed by atoms with Crippen molar-refractivity contribution in [2.45, 2.75) is 51.3 Å². The highest BCUT2D eigenvalue weighted by Gasteiger charge is 2.37. The first-order chi connectivity index (χ1) is 10.2. The van der Waals surface area contributed by atoms with Crippen molar-refractivity contribution in [1.29, 1.82) is 0 Å². The van der Waals surface area contributed by atoms with Crippen LogP contribution in [0.4, 0.5) is 9.18 Å². The molecular formula is C16H22BrFN2O2. The van der Waals surface area contributed by atoms with Crippen molar-refractivity contribution < 1.29 is 13.9 Å².